The third-order valence-electron chi connectivity index (χ3n) is 2.46. The Morgan fingerprint density at radius 2 is 1.90 bits per heavy atom. The zero-order chi connectivity index (χ0) is 14.4. The minimum absolute atomic E-state index is 0.0954. The summed E-state index contributed by atoms with van der Waals surface area (Å²) in [6, 6.07) is 12.1. The third-order valence-corrected chi connectivity index (χ3v) is 2.46. The van der Waals surface area contributed by atoms with Gasteiger partial charge in [-0.2, -0.15) is 0 Å². The quantitative estimate of drug-likeness (QED) is 0.892. The summed E-state index contributed by atoms with van der Waals surface area (Å²) in [5, 5.41) is 11.3. The van der Waals surface area contributed by atoms with Crippen LogP contribution in [0.5, 0.6) is 0 Å². The van der Waals surface area contributed by atoms with Gasteiger partial charge in [0.25, 0.3) is 0 Å². The number of aromatic nitrogens is 1. The summed E-state index contributed by atoms with van der Waals surface area (Å²) in [5.74, 6) is -1.22. The highest BCUT2D eigenvalue weighted by atomic mass is 16.5. The van der Waals surface area contributed by atoms with Crippen LogP contribution in [0.25, 0.3) is 0 Å². The van der Waals surface area contributed by atoms with Crippen molar-refractivity contribution in [2.24, 2.45) is 0 Å². The van der Waals surface area contributed by atoms with Gasteiger partial charge in [0.15, 0.2) is 5.69 Å². The van der Waals surface area contributed by atoms with E-state index in [1.165, 1.54) is 18.3 Å². The van der Waals surface area contributed by atoms with Crippen molar-refractivity contribution in [2.75, 3.05) is 5.32 Å². The van der Waals surface area contributed by atoms with Crippen LogP contribution in [0.15, 0.2) is 48.7 Å². The molecule has 0 saturated heterocycles. The van der Waals surface area contributed by atoms with E-state index >= 15 is 0 Å². The van der Waals surface area contributed by atoms with E-state index < -0.39 is 12.1 Å². The van der Waals surface area contributed by atoms with E-state index in [4.69, 9.17) is 9.84 Å². The summed E-state index contributed by atoms with van der Waals surface area (Å²) in [6.07, 6.45) is 0.605. The molecule has 6 nitrogen and oxygen atoms in total. The van der Waals surface area contributed by atoms with Crippen LogP contribution < -0.4 is 5.32 Å². The average Bonchev–Trinajstić information content (AvgIpc) is 2.46. The first-order chi connectivity index (χ1) is 9.66. The molecular formula is C14H12N2O4. The summed E-state index contributed by atoms with van der Waals surface area (Å²) in [5.41, 5.74) is 0.703. The van der Waals surface area contributed by atoms with Crippen molar-refractivity contribution in [3.8, 4) is 0 Å². The first-order valence-corrected chi connectivity index (χ1v) is 5.83. The fraction of sp³-hybridized carbons (Fsp3) is 0.0714. The second-order valence-corrected chi connectivity index (χ2v) is 3.89. The molecule has 2 rings (SSSR count). The van der Waals surface area contributed by atoms with E-state index in [1.807, 2.05) is 30.3 Å². The maximum absolute atomic E-state index is 11.6. The molecule has 0 unspecified atom stereocenters. The maximum Gasteiger partial charge on any atom is 0.412 e. The van der Waals surface area contributed by atoms with Gasteiger partial charge in [0.1, 0.15) is 6.61 Å². The van der Waals surface area contributed by atoms with Crippen molar-refractivity contribution in [3.63, 3.8) is 0 Å². The highest BCUT2D eigenvalue weighted by Crippen LogP contribution is 2.12. The molecule has 1 aromatic carbocycles. The highest BCUT2D eigenvalue weighted by molar-refractivity contribution is 5.96. The fourth-order valence-electron chi connectivity index (χ4n) is 1.55. The summed E-state index contributed by atoms with van der Waals surface area (Å²) >= 11 is 0. The molecule has 0 aliphatic heterocycles. The van der Waals surface area contributed by atoms with Gasteiger partial charge in [-0.25, -0.2) is 14.6 Å². The number of carboxylic acids is 1. The minimum Gasteiger partial charge on any atom is -0.476 e. The molecule has 1 amide bonds. The first kappa shape index (κ1) is 13.5. The Hall–Kier alpha value is -2.89. The molecule has 0 fully saturated rings. The predicted molar refractivity (Wildman–Crippen MR) is 71.4 cm³/mol. The molecule has 0 radical (unpaired) electrons. The second kappa shape index (κ2) is 6.33. The van der Waals surface area contributed by atoms with Crippen molar-refractivity contribution < 1.29 is 19.4 Å². The molecule has 1 aromatic heterocycles. The van der Waals surface area contributed by atoms with E-state index in [-0.39, 0.29) is 18.0 Å². The number of anilines is 1. The average molecular weight is 272 g/mol. The topological polar surface area (TPSA) is 88.5 Å². The van der Waals surface area contributed by atoms with E-state index in [0.717, 1.165) is 5.56 Å². The Morgan fingerprint density at radius 1 is 1.15 bits per heavy atom. The number of pyridine rings is 1. The van der Waals surface area contributed by atoms with Gasteiger partial charge >= 0.3 is 12.1 Å². The van der Waals surface area contributed by atoms with Crippen LogP contribution in [-0.4, -0.2) is 22.2 Å². The van der Waals surface area contributed by atoms with Crippen LogP contribution >= 0.6 is 0 Å². The Morgan fingerprint density at radius 3 is 2.60 bits per heavy atom. The van der Waals surface area contributed by atoms with Crippen LogP contribution in [0.1, 0.15) is 16.1 Å². The van der Waals surface area contributed by atoms with Crippen molar-refractivity contribution in [1.29, 1.82) is 0 Å². The maximum atomic E-state index is 11.6. The smallest absolute Gasteiger partial charge is 0.412 e. The van der Waals surface area contributed by atoms with Crippen molar-refractivity contribution in [3.05, 3.63) is 59.9 Å². The van der Waals surface area contributed by atoms with Crippen LogP contribution in [0.3, 0.4) is 0 Å². The molecule has 0 aliphatic rings. The van der Waals surface area contributed by atoms with Crippen molar-refractivity contribution in [2.45, 2.75) is 6.61 Å². The number of benzene rings is 1. The summed E-state index contributed by atoms with van der Waals surface area (Å²) < 4.78 is 5.00. The number of hydrogen-bond donors (Lipinski definition) is 2. The molecule has 0 bridgehead atoms. The number of ether oxygens (including phenoxy) is 1. The van der Waals surface area contributed by atoms with Crippen LogP contribution in [0.2, 0.25) is 0 Å². The van der Waals surface area contributed by atoms with Gasteiger partial charge in [-0.15, -0.1) is 0 Å². The lowest BCUT2D eigenvalue weighted by Gasteiger charge is -2.08. The molecule has 20 heavy (non-hydrogen) atoms. The van der Waals surface area contributed by atoms with Crippen LogP contribution in [-0.2, 0) is 11.3 Å². The molecule has 2 N–H and O–H groups in total. The van der Waals surface area contributed by atoms with Crippen LogP contribution in [0, 0.1) is 0 Å². The number of carboxylic acid groups (broad SMARTS) is 1. The number of hydrogen-bond acceptors (Lipinski definition) is 4. The van der Waals surface area contributed by atoms with Gasteiger partial charge in [-0.3, -0.25) is 5.32 Å². The predicted octanol–water partition coefficient (Wildman–Crippen LogP) is 2.53. The molecular weight excluding hydrogens is 260 g/mol. The number of amides is 1. The van der Waals surface area contributed by atoms with Gasteiger partial charge in [0, 0.05) is 6.20 Å². The van der Waals surface area contributed by atoms with Gasteiger partial charge in [0.05, 0.1) is 5.69 Å². The normalized spacial score (nSPS) is 9.80. The lowest BCUT2D eigenvalue weighted by molar-refractivity contribution is 0.0691. The molecule has 0 saturated carbocycles. The first-order valence-electron chi connectivity index (χ1n) is 5.83. The molecule has 0 atom stereocenters. The Bertz CT molecular complexity index is 614. The number of aromatic carboxylic acids is 1. The molecule has 102 valence electrons. The number of carbonyl (C=O) groups excluding carboxylic acids is 1. The minimum atomic E-state index is -1.22. The van der Waals surface area contributed by atoms with E-state index in [9.17, 15) is 9.59 Å². The fourth-order valence-corrected chi connectivity index (χ4v) is 1.55. The third kappa shape index (κ3) is 3.55. The lowest BCUT2D eigenvalue weighted by atomic mass is 10.2. The lowest BCUT2D eigenvalue weighted by Crippen LogP contribution is -2.16. The number of carbonyl (C=O) groups is 2. The van der Waals surface area contributed by atoms with Gasteiger partial charge in [-0.1, -0.05) is 30.3 Å². The highest BCUT2D eigenvalue weighted by Gasteiger charge is 2.13. The van der Waals surface area contributed by atoms with Gasteiger partial charge in [-0.05, 0) is 17.7 Å². The summed E-state index contributed by atoms with van der Waals surface area (Å²) in [6.45, 7) is 0.106. The molecule has 0 spiro atoms. The van der Waals surface area contributed by atoms with Crippen molar-refractivity contribution >= 4 is 17.7 Å². The second-order valence-electron chi connectivity index (χ2n) is 3.89. The van der Waals surface area contributed by atoms with Crippen LogP contribution in [0.4, 0.5) is 10.5 Å². The Balaban J connectivity index is 1.97. The SMILES string of the molecule is O=C(Nc1cccnc1C(=O)O)OCc1ccccc1. The van der Waals surface area contributed by atoms with E-state index in [2.05, 4.69) is 10.3 Å². The Kier molecular flexibility index (Phi) is 4.28. The standard InChI is InChI=1S/C14H12N2O4/c17-13(18)12-11(7-4-8-15-12)16-14(19)20-9-10-5-2-1-3-6-10/h1-8H,9H2,(H,16,19)(H,17,18). The van der Waals surface area contributed by atoms with Gasteiger partial charge < -0.3 is 9.84 Å². The number of nitrogens with one attached hydrogen (secondary N) is 1. The molecule has 1 heterocycles. The largest absolute Gasteiger partial charge is 0.476 e. The molecule has 6 heteroatoms. The zero-order valence-electron chi connectivity index (χ0n) is 10.4. The summed E-state index contributed by atoms with van der Waals surface area (Å²) in [7, 11) is 0. The van der Waals surface area contributed by atoms with E-state index in [1.54, 1.807) is 0 Å². The summed E-state index contributed by atoms with van der Waals surface area (Å²) in [4.78, 5) is 26.2. The Labute approximate surface area is 115 Å². The zero-order valence-corrected chi connectivity index (χ0v) is 10.4. The molecule has 2 aromatic rings. The number of nitrogens with zero attached hydrogens (tertiary/aromatic N) is 1. The van der Waals surface area contributed by atoms with E-state index in [0.29, 0.717) is 0 Å². The number of rotatable bonds is 4. The van der Waals surface area contributed by atoms with Crippen molar-refractivity contribution in [1.82, 2.24) is 4.98 Å². The molecule has 0 aliphatic carbocycles. The van der Waals surface area contributed by atoms with Gasteiger partial charge in [0.2, 0.25) is 0 Å². The monoisotopic (exact) mass is 272 g/mol.